The molecule has 2 atom stereocenters. The van der Waals surface area contributed by atoms with Gasteiger partial charge in [-0.25, -0.2) is 13.9 Å². The number of hydrogen-bond acceptors (Lipinski definition) is 6. The van der Waals surface area contributed by atoms with Gasteiger partial charge in [-0.3, -0.25) is 5.32 Å². The number of aromatic nitrogens is 2. The number of hydrogen-bond donors (Lipinski definition) is 3. The highest BCUT2D eigenvalue weighted by molar-refractivity contribution is 5.89. The normalized spacial score (nSPS) is 17.4. The van der Waals surface area contributed by atoms with Crippen LogP contribution in [0.15, 0.2) is 48.5 Å². The second-order valence-corrected chi connectivity index (χ2v) is 9.34. The summed E-state index contributed by atoms with van der Waals surface area (Å²) in [7, 11) is 1.46. The number of para-hydroxylation sites is 1. The summed E-state index contributed by atoms with van der Waals surface area (Å²) in [5, 5.41) is 12.8. The molecule has 0 saturated carbocycles. The second-order valence-electron chi connectivity index (χ2n) is 9.34. The third kappa shape index (κ3) is 7.63. The molecule has 216 valence electrons. The van der Waals surface area contributed by atoms with Gasteiger partial charge in [0.2, 0.25) is 5.88 Å². The summed E-state index contributed by atoms with van der Waals surface area (Å²) in [6, 6.07) is 12.4. The van der Waals surface area contributed by atoms with Crippen molar-refractivity contribution in [3.8, 4) is 17.3 Å². The van der Waals surface area contributed by atoms with E-state index in [0.29, 0.717) is 35.6 Å². The van der Waals surface area contributed by atoms with Gasteiger partial charge in [0.25, 0.3) is 0 Å². The number of amides is 2. The largest absolute Gasteiger partial charge is 0.573 e. The molecule has 1 saturated heterocycles. The molecule has 0 bridgehead atoms. The van der Waals surface area contributed by atoms with Crippen molar-refractivity contribution in [2.24, 2.45) is 5.92 Å². The van der Waals surface area contributed by atoms with Crippen molar-refractivity contribution in [3.63, 3.8) is 0 Å². The SMILES string of the molecule is COCc1ccc(OC(F)(F)F)c(CNC(=O)Nc2c(C)c(OCC3CCNC[C@H]3F)nn2-c2ccccc2)c1. The molecular weight excluding hydrogens is 534 g/mol. The summed E-state index contributed by atoms with van der Waals surface area (Å²) >= 11 is 0. The van der Waals surface area contributed by atoms with Crippen LogP contribution in [0.3, 0.4) is 0 Å². The smallest absolute Gasteiger partial charge is 0.476 e. The lowest BCUT2D eigenvalue weighted by molar-refractivity contribution is -0.274. The zero-order chi connectivity index (χ0) is 28.7. The minimum atomic E-state index is -4.90. The van der Waals surface area contributed by atoms with E-state index in [1.807, 2.05) is 6.07 Å². The lowest BCUT2D eigenvalue weighted by Gasteiger charge is -2.26. The fourth-order valence-corrected chi connectivity index (χ4v) is 4.34. The molecule has 1 aromatic heterocycles. The van der Waals surface area contributed by atoms with Crippen LogP contribution in [-0.4, -0.2) is 55.2 Å². The molecule has 2 aromatic carbocycles. The van der Waals surface area contributed by atoms with Crippen molar-refractivity contribution < 1.29 is 36.6 Å². The molecule has 13 heteroatoms. The van der Waals surface area contributed by atoms with Crippen LogP contribution in [0.25, 0.3) is 5.69 Å². The maximum Gasteiger partial charge on any atom is 0.573 e. The Hall–Kier alpha value is -3.84. The number of nitrogens with zero attached hydrogens (tertiary/aromatic N) is 2. The Morgan fingerprint density at radius 3 is 2.67 bits per heavy atom. The molecule has 1 aliphatic heterocycles. The van der Waals surface area contributed by atoms with E-state index < -0.39 is 24.3 Å². The highest BCUT2D eigenvalue weighted by atomic mass is 19.4. The molecule has 40 heavy (non-hydrogen) atoms. The Balaban J connectivity index is 1.52. The van der Waals surface area contributed by atoms with Crippen molar-refractivity contribution in [2.75, 3.05) is 32.1 Å². The Kier molecular flexibility index (Phi) is 9.48. The molecule has 4 rings (SSSR count). The molecule has 0 aliphatic carbocycles. The Morgan fingerprint density at radius 1 is 1.20 bits per heavy atom. The van der Waals surface area contributed by atoms with Gasteiger partial charge >= 0.3 is 12.4 Å². The number of benzene rings is 2. The number of carbonyl (C=O) groups excluding carboxylic acids is 1. The van der Waals surface area contributed by atoms with Crippen LogP contribution in [0.4, 0.5) is 28.2 Å². The summed E-state index contributed by atoms with van der Waals surface area (Å²) in [6.07, 6.45) is -5.31. The van der Waals surface area contributed by atoms with Crippen molar-refractivity contribution in [2.45, 2.75) is 39.0 Å². The van der Waals surface area contributed by atoms with Gasteiger partial charge in [0.05, 0.1) is 24.5 Å². The predicted octanol–water partition coefficient (Wildman–Crippen LogP) is 4.87. The van der Waals surface area contributed by atoms with Crippen LogP contribution < -0.4 is 25.4 Å². The average molecular weight is 566 g/mol. The number of rotatable bonds is 10. The molecule has 2 heterocycles. The number of halogens is 4. The van der Waals surface area contributed by atoms with E-state index in [4.69, 9.17) is 9.47 Å². The van der Waals surface area contributed by atoms with Crippen LogP contribution in [0, 0.1) is 12.8 Å². The molecule has 1 fully saturated rings. The highest BCUT2D eigenvalue weighted by Gasteiger charge is 2.32. The van der Waals surface area contributed by atoms with Crippen LogP contribution in [0.2, 0.25) is 0 Å². The number of ether oxygens (including phenoxy) is 3. The lowest BCUT2D eigenvalue weighted by atomic mass is 9.97. The first-order valence-corrected chi connectivity index (χ1v) is 12.7. The molecule has 9 nitrogen and oxygen atoms in total. The Morgan fingerprint density at radius 2 is 1.98 bits per heavy atom. The maximum absolute atomic E-state index is 14.3. The Labute approximate surface area is 228 Å². The molecule has 0 radical (unpaired) electrons. The van der Waals surface area contributed by atoms with Crippen LogP contribution in [-0.2, 0) is 17.9 Å². The molecule has 3 N–H and O–H groups in total. The van der Waals surface area contributed by atoms with Gasteiger partial charge in [-0.2, -0.15) is 0 Å². The van der Waals surface area contributed by atoms with E-state index >= 15 is 0 Å². The molecule has 1 aliphatic rings. The van der Waals surface area contributed by atoms with E-state index in [2.05, 4.69) is 25.8 Å². The minimum Gasteiger partial charge on any atom is -0.476 e. The summed E-state index contributed by atoms with van der Waals surface area (Å²) in [6.45, 7) is 2.71. The topological polar surface area (TPSA) is 98.7 Å². The monoisotopic (exact) mass is 565 g/mol. The first-order valence-electron chi connectivity index (χ1n) is 12.7. The first kappa shape index (κ1) is 29.2. The van der Waals surface area contributed by atoms with E-state index in [1.54, 1.807) is 31.2 Å². The quantitative estimate of drug-likeness (QED) is 0.304. The number of piperidine rings is 1. The molecule has 2 amide bonds. The molecule has 3 aromatic rings. The lowest BCUT2D eigenvalue weighted by Crippen LogP contribution is -2.40. The van der Waals surface area contributed by atoms with Crippen molar-refractivity contribution in [1.29, 1.82) is 0 Å². The third-order valence-electron chi connectivity index (χ3n) is 6.39. The van der Waals surface area contributed by atoms with Gasteiger partial charge < -0.3 is 24.8 Å². The number of carbonyl (C=O) groups is 1. The van der Waals surface area contributed by atoms with Gasteiger partial charge in [-0.05, 0) is 49.7 Å². The molecular formula is C27H31F4N5O4. The summed E-state index contributed by atoms with van der Waals surface area (Å²) in [5.74, 6) is -0.194. The van der Waals surface area contributed by atoms with Crippen LogP contribution in [0.1, 0.15) is 23.1 Å². The molecule has 1 unspecified atom stereocenters. The van der Waals surface area contributed by atoms with Gasteiger partial charge in [0.1, 0.15) is 17.7 Å². The minimum absolute atomic E-state index is 0.113. The van der Waals surface area contributed by atoms with Gasteiger partial charge in [0, 0.05) is 31.7 Å². The van der Waals surface area contributed by atoms with E-state index in [0.717, 1.165) is 0 Å². The van der Waals surface area contributed by atoms with Gasteiger partial charge in [-0.1, -0.05) is 24.3 Å². The Bertz CT molecular complexity index is 1290. The van der Waals surface area contributed by atoms with Crippen molar-refractivity contribution in [3.05, 3.63) is 65.2 Å². The van der Waals surface area contributed by atoms with Crippen molar-refractivity contribution >= 4 is 11.8 Å². The number of anilines is 1. The standard InChI is InChI=1S/C27H31F4N5O4/c1-17-24(34-26(37)33-13-20-12-18(15-38-2)8-9-23(20)40-27(29,30)31)36(21-6-4-3-5-7-21)35-25(17)39-16-19-10-11-32-14-22(19)28/h3-9,12,19,22,32H,10-11,13-16H2,1-2H3,(H2,33,34,37)/t19?,22-/m1/s1. The summed E-state index contributed by atoms with van der Waals surface area (Å²) in [4.78, 5) is 12.9. The van der Waals surface area contributed by atoms with Crippen molar-refractivity contribution in [1.82, 2.24) is 20.4 Å². The number of urea groups is 1. The summed E-state index contributed by atoms with van der Waals surface area (Å²) < 4.78 is 69.6. The number of nitrogens with one attached hydrogen (secondary N) is 3. The maximum atomic E-state index is 14.3. The zero-order valence-corrected chi connectivity index (χ0v) is 22.1. The third-order valence-corrected chi connectivity index (χ3v) is 6.39. The van der Waals surface area contributed by atoms with Crippen LogP contribution >= 0.6 is 0 Å². The van der Waals surface area contributed by atoms with Gasteiger partial charge in [-0.15, -0.1) is 18.3 Å². The number of methoxy groups -OCH3 is 1. The van der Waals surface area contributed by atoms with Crippen LogP contribution in [0.5, 0.6) is 11.6 Å². The van der Waals surface area contributed by atoms with E-state index in [9.17, 15) is 22.4 Å². The number of alkyl halides is 4. The van der Waals surface area contributed by atoms with E-state index in [1.165, 1.54) is 30.0 Å². The van der Waals surface area contributed by atoms with Gasteiger partial charge in [0.15, 0.2) is 0 Å². The molecule has 0 spiro atoms. The average Bonchev–Trinajstić information content (AvgIpc) is 3.22. The first-order chi connectivity index (χ1) is 19.1. The predicted molar refractivity (Wildman–Crippen MR) is 139 cm³/mol. The highest BCUT2D eigenvalue weighted by Crippen LogP contribution is 2.30. The van der Waals surface area contributed by atoms with E-state index in [-0.39, 0.29) is 43.7 Å². The summed E-state index contributed by atoms with van der Waals surface area (Å²) in [5.41, 5.74) is 1.86. The zero-order valence-electron chi connectivity index (χ0n) is 22.1. The fourth-order valence-electron chi connectivity index (χ4n) is 4.34. The second kappa shape index (κ2) is 13.0. The fraction of sp³-hybridized carbons (Fsp3) is 0.407.